The summed E-state index contributed by atoms with van der Waals surface area (Å²) in [4.78, 5) is 7.12. The number of para-hydroxylation sites is 3. The van der Waals surface area contributed by atoms with Crippen molar-refractivity contribution in [1.82, 2.24) is 9.55 Å². The molecule has 1 spiro atoms. The molecule has 0 atom stereocenters. The van der Waals surface area contributed by atoms with Crippen molar-refractivity contribution in [1.29, 1.82) is 0 Å². The normalized spacial score (nSPS) is 15.3. The summed E-state index contributed by atoms with van der Waals surface area (Å²) in [6.07, 6.45) is 1.95. The second-order valence-corrected chi connectivity index (χ2v) is 25.6. The second kappa shape index (κ2) is 18.3. The second-order valence-electron chi connectivity index (χ2n) is 19.8. The van der Waals surface area contributed by atoms with Crippen molar-refractivity contribution in [3.8, 4) is 39.6 Å². The molecule has 0 aliphatic carbocycles. The molecule has 2 aliphatic rings. The minimum Gasteiger partial charge on any atom is -0.509 e. The van der Waals surface area contributed by atoms with E-state index >= 15 is 0 Å². The van der Waals surface area contributed by atoms with Crippen LogP contribution < -0.4 is 46.3 Å². The Labute approximate surface area is 444 Å². The van der Waals surface area contributed by atoms with E-state index in [1.807, 2.05) is 30.5 Å². The maximum atomic E-state index is 7.08. The molecule has 0 bridgehead atoms. The van der Waals surface area contributed by atoms with Gasteiger partial charge in [-0.15, -0.1) is 40.9 Å². The summed E-state index contributed by atoms with van der Waals surface area (Å²) in [5.41, 5.74) is 11.2. The van der Waals surface area contributed by atoms with Crippen molar-refractivity contribution in [3.05, 3.63) is 237 Å². The van der Waals surface area contributed by atoms with Crippen molar-refractivity contribution in [2.24, 2.45) is 0 Å². The molecule has 1 N–H and O–H groups in total. The Kier molecular flexibility index (Phi) is 11.7. The van der Waals surface area contributed by atoms with Gasteiger partial charge in [-0.25, -0.2) is 4.98 Å². The molecular formula is C65H50N4OPPtSi-3. The summed E-state index contributed by atoms with van der Waals surface area (Å²) in [6.45, 7) is 9.19. The van der Waals surface area contributed by atoms with E-state index in [1.165, 1.54) is 47.7 Å². The average molecular weight is 1160 g/mol. The van der Waals surface area contributed by atoms with Crippen molar-refractivity contribution in [2.45, 2.75) is 26.2 Å². The average Bonchev–Trinajstić information content (AvgIpc) is 3.92. The smallest absolute Gasteiger partial charge is 0.157 e. The van der Waals surface area contributed by atoms with E-state index in [1.54, 1.807) is 0 Å². The van der Waals surface area contributed by atoms with Gasteiger partial charge in [0.25, 0.3) is 0 Å². The van der Waals surface area contributed by atoms with E-state index in [4.69, 9.17) is 16.8 Å². The monoisotopic (exact) mass is 1160 g/mol. The summed E-state index contributed by atoms with van der Waals surface area (Å²) in [5, 5.41) is 14.9. The van der Waals surface area contributed by atoms with Crippen molar-refractivity contribution >= 4 is 91.9 Å². The number of hydrogen-bond donors (Lipinski definition) is 1. The molecule has 0 fully saturated rings. The van der Waals surface area contributed by atoms with Crippen LogP contribution >= 0.6 is 7.92 Å². The van der Waals surface area contributed by atoms with Gasteiger partial charge in [0, 0.05) is 66.8 Å². The molecule has 0 unspecified atom stereocenters. The molecular weight excluding hydrogens is 1110 g/mol. The topological polar surface area (TPSA) is 42.3 Å². The molecule has 2 aromatic heterocycles. The Balaban J connectivity index is 0.00000543. The van der Waals surface area contributed by atoms with Gasteiger partial charge in [-0.05, 0) is 98.6 Å². The van der Waals surface area contributed by atoms with Crippen LogP contribution in [0.1, 0.15) is 26.3 Å². The van der Waals surface area contributed by atoms with Gasteiger partial charge < -0.3 is 19.5 Å². The number of benzene rings is 9. The number of nitrogens with one attached hydrogen (secondary N) is 1. The van der Waals surface area contributed by atoms with Gasteiger partial charge in [-0.2, -0.15) is 6.07 Å². The first-order valence-corrected chi connectivity index (χ1v) is 28.3. The third-order valence-corrected chi connectivity index (χ3v) is 22.3. The van der Waals surface area contributed by atoms with Gasteiger partial charge in [0.15, 0.2) is 8.07 Å². The molecule has 4 heterocycles. The Morgan fingerprint density at radius 2 is 1.21 bits per heavy atom. The number of rotatable bonds is 9. The SMILES string of the molecule is [CH2-]N(c1ccccc1Nc1[c-]c(Oc2[c-]c3c4c(c2)[Si]2(c5ccccc5P(C)c5ccccc52)c2cccc(c24)n3-c2cc(C(C)(C)C)ccn2)ccc1)c1c(-c2ccccc2)cccc1-c1ccccc1.[Pt]. The minimum absolute atomic E-state index is 0. The van der Waals surface area contributed by atoms with E-state index in [9.17, 15) is 0 Å². The Hall–Kier alpha value is -7.33. The Morgan fingerprint density at radius 3 is 1.89 bits per heavy atom. The number of aromatic nitrogens is 2. The number of fused-ring (bicyclic) bond motifs is 6. The first-order valence-electron chi connectivity index (χ1n) is 24.5. The molecule has 0 saturated carbocycles. The van der Waals surface area contributed by atoms with E-state index < -0.39 is 16.0 Å². The van der Waals surface area contributed by atoms with E-state index in [0.717, 1.165) is 61.9 Å². The fourth-order valence-corrected chi connectivity index (χ4v) is 20.5. The molecule has 2 aliphatic heterocycles. The van der Waals surface area contributed by atoms with Gasteiger partial charge in [0.05, 0.1) is 5.69 Å². The van der Waals surface area contributed by atoms with Crippen LogP contribution in [0.2, 0.25) is 0 Å². The van der Waals surface area contributed by atoms with Crippen LogP contribution in [-0.4, -0.2) is 24.3 Å². The Morgan fingerprint density at radius 1 is 0.603 bits per heavy atom. The van der Waals surface area contributed by atoms with E-state index in [0.29, 0.717) is 11.5 Å². The van der Waals surface area contributed by atoms with E-state index in [-0.39, 0.29) is 26.5 Å². The predicted octanol–water partition coefficient (Wildman–Crippen LogP) is 12.9. The molecule has 11 aromatic rings. The molecule has 0 saturated heterocycles. The third-order valence-electron chi connectivity index (χ3n) is 14.7. The first kappa shape index (κ1) is 46.7. The maximum absolute atomic E-state index is 7.08. The van der Waals surface area contributed by atoms with Crippen LogP contribution in [-0.2, 0) is 26.5 Å². The zero-order valence-corrected chi connectivity index (χ0v) is 45.1. The molecule has 8 heteroatoms. The van der Waals surface area contributed by atoms with Gasteiger partial charge in [0.2, 0.25) is 0 Å². The number of ether oxygens (including phenoxy) is 1. The van der Waals surface area contributed by atoms with Crippen LogP contribution in [0.4, 0.5) is 22.7 Å². The zero-order chi connectivity index (χ0) is 48.7. The van der Waals surface area contributed by atoms with Crippen molar-refractivity contribution in [3.63, 3.8) is 0 Å². The van der Waals surface area contributed by atoms with Crippen LogP contribution in [0.5, 0.6) is 11.5 Å². The summed E-state index contributed by atoms with van der Waals surface area (Å²) in [5.74, 6) is 2.09. The fraction of sp³-hybridized carbons (Fsp3) is 0.0769. The maximum Gasteiger partial charge on any atom is 0.157 e. The molecule has 0 radical (unpaired) electrons. The first-order chi connectivity index (χ1) is 35.2. The van der Waals surface area contributed by atoms with Crippen LogP contribution in [0, 0.1) is 19.2 Å². The molecule has 73 heavy (non-hydrogen) atoms. The minimum atomic E-state index is -2.88. The fourth-order valence-electron chi connectivity index (χ4n) is 11.5. The van der Waals surface area contributed by atoms with Gasteiger partial charge in [-0.1, -0.05) is 184 Å². The number of hydrogen-bond acceptors (Lipinski definition) is 4. The largest absolute Gasteiger partial charge is 0.509 e. The van der Waals surface area contributed by atoms with E-state index in [2.05, 4.69) is 236 Å². The number of pyridine rings is 1. The molecule has 358 valence electrons. The summed E-state index contributed by atoms with van der Waals surface area (Å²) in [7, 11) is 1.31. The molecule has 9 aromatic carbocycles. The van der Waals surface area contributed by atoms with Gasteiger partial charge in [0.1, 0.15) is 5.82 Å². The standard InChI is InChI=1S/C65H50N4OPSi.Pt/c1-65(2,3)45-37-38-66-61(39-45)69-53-31-20-36-59-62(53)63-54(69)41-48(42-60(63)72(59)57-34-16-14-32-55(57)71(5)56-33-15-17-35-58(56)72)70-47-26-18-25-46(40-47)67-51-29-12-13-30-52(51)68(4)64-49(43-21-8-6-9-22-43)27-19-28-50(64)44-23-10-7-11-24-44;/h6-39,42,67H,4H2,1-3,5H3;/q-3;. The predicted molar refractivity (Wildman–Crippen MR) is 305 cm³/mol. The van der Waals surface area contributed by atoms with Crippen molar-refractivity contribution in [2.75, 3.05) is 16.9 Å². The zero-order valence-electron chi connectivity index (χ0n) is 40.9. The van der Waals surface area contributed by atoms with Gasteiger partial charge >= 0.3 is 0 Å². The Bertz CT molecular complexity index is 3820. The van der Waals surface area contributed by atoms with Crippen LogP contribution in [0.25, 0.3) is 49.9 Å². The summed E-state index contributed by atoms with van der Waals surface area (Å²) >= 11 is 0. The number of anilines is 4. The van der Waals surface area contributed by atoms with Crippen LogP contribution in [0.15, 0.2) is 212 Å². The number of nitrogens with zero attached hydrogens (tertiary/aromatic N) is 3. The van der Waals surface area contributed by atoms with Crippen molar-refractivity contribution < 1.29 is 25.8 Å². The third kappa shape index (κ3) is 7.53. The molecule has 0 amide bonds. The van der Waals surface area contributed by atoms with Gasteiger partial charge in [-0.3, -0.25) is 7.05 Å². The quantitative estimate of drug-likeness (QED) is 0.0888. The molecule has 5 nitrogen and oxygen atoms in total. The summed E-state index contributed by atoms with van der Waals surface area (Å²) < 4.78 is 9.40. The summed E-state index contributed by atoms with van der Waals surface area (Å²) in [6, 6.07) is 81.5. The molecule has 13 rings (SSSR count). The van der Waals surface area contributed by atoms with Crippen LogP contribution in [0.3, 0.4) is 0 Å².